The first-order valence-corrected chi connectivity index (χ1v) is 4.38. The zero-order chi connectivity index (χ0) is 8.77. The minimum absolute atomic E-state index is 0.0689. The van der Waals surface area contributed by atoms with Gasteiger partial charge in [-0.2, -0.15) is 0 Å². The molecule has 1 saturated carbocycles. The van der Waals surface area contributed by atoms with Gasteiger partial charge >= 0.3 is 0 Å². The molecule has 1 aliphatic carbocycles. The lowest BCUT2D eigenvalue weighted by atomic mass is 9.97. The standard InChI is InChI=1S/C11H13F/c1-8-3-4-9(7-10(8)12)11(2)5-6-11/h3-4,7H,5-6H2,1-2H3. The average Bonchev–Trinajstić information content (AvgIpc) is 2.75. The van der Waals surface area contributed by atoms with Crippen molar-refractivity contribution >= 4 is 0 Å². The molecule has 0 nitrogen and oxygen atoms in total. The molecular weight excluding hydrogens is 151 g/mol. The van der Waals surface area contributed by atoms with Crippen LogP contribution in [0.5, 0.6) is 0 Å². The fourth-order valence-corrected chi connectivity index (χ4v) is 1.44. The largest absolute Gasteiger partial charge is 0.207 e. The average molecular weight is 164 g/mol. The molecule has 0 atom stereocenters. The zero-order valence-electron chi connectivity index (χ0n) is 7.52. The topological polar surface area (TPSA) is 0 Å². The maximum atomic E-state index is 13.1. The maximum Gasteiger partial charge on any atom is 0.126 e. The van der Waals surface area contributed by atoms with E-state index in [0.717, 1.165) is 11.1 Å². The molecule has 1 aromatic carbocycles. The van der Waals surface area contributed by atoms with Crippen molar-refractivity contribution in [2.24, 2.45) is 0 Å². The number of halogens is 1. The van der Waals surface area contributed by atoms with E-state index in [1.54, 1.807) is 13.0 Å². The normalized spacial score (nSPS) is 19.2. The van der Waals surface area contributed by atoms with Gasteiger partial charge in [0.15, 0.2) is 0 Å². The van der Waals surface area contributed by atoms with Gasteiger partial charge in [-0.05, 0) is 42.4 Å². The summed E-state index contributed by atoms with van der Waals surface area (Å²) in [5.41, 5.74) is 2.18. The van der Waals surface area contributed by atoms with Gasteiger partial charge in [-0.25, -0.2) is 4.39 Å². The molecule has 0 saturated heterocycles. The van der Waals surface area contributed by atoms with E-state index < -0.39 is 0 Å². The Morgan fingerprint density at radius 2 is 2.00 bits per heavy atom. The summed E-state index contributed by atoms with van der Waals surface area (Å²) in [6.45, 7) is 3.99. The van der Waals surface area contributed by atoms with Crippen molar-refractivity contribution in [3.8, 4) is 0 Å². The van der Waals surface area contributed by atoms with Crippen molar-refractivity contribution in [2.75, 3.05) is 0 Å². The van der Waals surface area contributed by atoms with E-state index in [0.29, 0.717) is 0 Å². The first-order valence-electron chi connectivity index (χ1n) is 4.38. The third-order valence-electron chi connectivity index (χ3n) is 2.87. The smallest absolute Gasteiger partial charge is 0.126 e. The summed E-state index contributed by atoms with van der Waals surface area (Å²) in [5.74, 6) is -0.0689. The lowest BCUT2D eigenvalue weighted by Gasteiger charge is -2.08. The number of aryl methyl sites for hydroxylation is 1. The highest BCUT2D eigenvalue weighted by Crippen LogP contribution is 2.47. The fourth-order valence-electron chi connectivity index (χ4n) is 1.44. The SMILES string of the molecule is Cc1ccc(C2(C)CC2)cc1F. The highest BCUT2D eigenvalue weighted by Gasteiger charge is 2.39. The van der Waals surface area contributed by atoms with Gasteiger partial charge in [0.05, 0.1) is 0 Å². The van der Waals surface area contributed by atoms with Crippen LogP contribution >= 0.6 is 0 Å². The molecule has 64 valence electrons. The van der Waals surface area contributed by atoms with Crippen LogP contribution in [-0.2, 0) is 5.41 Å². The van der Waals surface area contributed by atoms with Crippen LogP contribution in [0.25, 0.3) is 0 Å². The summed E-state index contributed by atoms with van der Waals surface area (Å²) in [5, 5.41) is 0. The van der Waals surface area contributed by atoms with E-state index >= 15 is 0 Å². The third-order valence-corrected chi connectivity index (χ3v) is 2.87. The third kappa shape index (κ3) is 1.13. The molecule has 2 rings (SSSR count). The van der Waals surface area contributed by atoms with Gasteiger partial charge in [0.1, 0.15) is 5.82 Å². The summed E-state index contributed by atoms with van der Waals surface area (Å²) >= 11 is 0. The van der Waals surface area contributed by atoms with E-state index in [2.05, 4.69) is 6.92 Å². The Bertz CT molecular complexity index is 311. The molecule has 0 aromatic heterocycles. The number of benzene rings is 1. The van der Waals surface area contributed by atoms with Crippen LogP contribution in [0.2, 0.25) is 0 Å². The molecule has 0 spiro atoms. The molecule has 0 amide bonds. The Morgan fingerprint density at radius 3 is 2.50 bits per heavy atom. The summed E-state index contributed by atoms with van der Waals surface area (Å²) in [6, 6.07) is 5.60. The molecule has 1 aliphatic rings. The summed E-state index contributed by atoms with van der Waals surface area (Å²) in [7, 11) is 0. The molecule has 0 heterocycles. The Morgan fingerprint density at radius 1 is 1.33 bits per heavy atom. The first-order chi connectivity index (χ1) is 5.62. The van der Waals surface area contributed by atoms with Crippen molar-refractivity contribution < 1.29 is 4.39 Å². The molecule has 1 fully saturated rings. The molecule has 0 radical (unpaired) electrons. The monoisotopic (exact) mass is 164 g/mol. The second-order valence-electron chi connectivity index (χ2n) is 4.02. The van der Waals surface area contributed by atoms with E-state index in [1.165, 1.54) is 12.8 Å². The molecular formula is C11H13F. The highest BCUT2D eigenvalue weighted by molar-refractivity contribution is 5.33. The lowest BCUT2D eigenvalue weighted by Crippen LogP contribution is -2.00. The quantitative estimate of drug-likeness (QED) is 0.598. The summed E-state index contributed by atoms with van der Waals surface area (Å²) < 4.78 is 13.1. The van der Waals surface area contributed by atoms with E-state index in [9.17, 15) is 4.39 Å². The van der Waals surface area contributed by atoms with E-state index in [4.69, 9.17) is 0 Å². The van der Waals surface area contributed by atoms with Crippen molar-refractivity contribution in [3.63, 3.8) is 0 Å². The maximum absolute atomic E-state index is 13.1. The Labute approximate surface area is 72.4 Å². The summed E-state index contributed by atoms with van der Waals surface area (Å²) in [4.78, 5) is 0. The van der Waals surface area contributed by atoms with Crippen LogP contribution < -0.4 is 0 Å². The fraction of sp³-hybridized carbons (Fsp3) is 0.455. The van der Waals surface area contributed by atoms with Gasteiger partial charge < -0.3 is 0 Å². The van der Waals surface area contributed by atoms with Crippen molar-refractivity contribution in [3.05, 3.63) is 35.1 Å². The second-order valence-corrected chi connectivity index (χ2v) is 4.02. The predicted octanol–water partition coefficient (Wildman–Crippen LogP) is 3.19. The molecule has 0 aliphatic heterocycles. The number of rotatable bonds is 1. The molecule has 0 bridgehead atoms. The Kier molecular flexibility index (Phi) is 1.50. The van der Waals surface area contributed by atoms with Crippen LogP contribution in [0.3, 0.4) is 0 Å². The van der Waals surface area contributed by atoms with Gasteiger partial charge in [-0.1, -0.05) is 19.1 Å². The first kappa shape index (κ1) is 7.78. The highest BCUT2D eigenvalue weighted by atomic mass is 19.1. The van der Waals surface area contributed by atoms with Crippen molar-refractivity contribution in [1.82, 2.24) is 0 Å². The summed E-state index contributed by atoms with van der Waals surface area (Å²) in [6.07, 6.45) is 2.41. The zero-order valence-corrected chi connectivity index (χ0v) is 7.52. The predicted molar refractivity (Wildman–Crippen MR) is 47.7 cm³/mol. The van der Waals surface area contributed by atoms with E-state index in [-0.39, 0.29) is 11.2 Å². The molecule has 0 N–H and O–H groups in total. The van der Waals surface area contributed by atoms with Crippen molar-refractivity contribution in [1.29, 1.82) is 0 Å². The van der Waals surface area contributed by atoms with Gasteiger partial charge in [-0.3, -0.25) is 0 Å². The Hall–Kier alpha value is -0.850. The van der Waals surface area contributed by atoms with Crippen LogP contribution in [0, 0.1) is 12.7 Å². The Balaban J connectivity index is 2.41. The lowest BCUT2D eigenvalue weighted by molar-refractivity contribution is 0.611. The van der Waals surface area contributed by atoms with E-state index in [1.807, 2.05) is 12.1 Å². The molecule has 1 heteroatoms. The van der Waals surface area contributed by atoms with Crippen LogP contribution in [0.4, 0.5) is 4.39 Å². The second kappa shape index (κ2) is 2.32. The van der Waals surface area contributed by atoms with Gasteiger partial charge in [0, 0.05) is 0 Å². The molecule has 1 aromatic rings. The minimum Gasteiger partial charge on any atom is -0.207 e. The van der Waals surface area contributed by atoms with Crippen LogP contribution in [-0.4, -0.2) is 0 Å². The van der Waals surface area contributed by atoms with Gasteiger partial charge in [0.2, 0.25) is 0 Å². The number of hydrogen-bond donors (Lipinski definition) is 0. The number of hydrogen-bond acceptors (Lipinski definition) is 0. The molecule has 12 heavy (non-hydrogen) atoms. The minimum atomic E-state index is -0.0689. The van der Waals surface area contributed by atoms with Crippen molar-refractivity contribution in [2.45, 2.75) is 32.1 Å². The molecule has 0 unspecified atom stereocenters. The van der Waals surface area contributed by atoms with Gasteiger partial charge in [-0.15, -0.1) is 0 Å². The van der Waals surface area contributed by atoms with Gasteiger partial charge in [0.25, 0.3) is 0 Å². The van der Waals surface area contributed by atoms with Crippen LogP contribution in [0.15, 0.2) is 18.2 Å². The van der Waals surface area contributed by atoms with Crippen LogP contribution in [0.1, 0.15) is 30.9 Å².